The van der Waals surface area contributed by atoms with Crippen LogP contribution in [0.5, 0.6) is 0 Å². The molecule has 1 fully saturated rings. The normalized spacial score (nSPS) is 15.9. The molecule has 26 heavy (non-hydrogen) atoms. The average molecular weight is 350 g/mol. The molecule has 0 saturated heterocycles. The van der Waals surface area contributed by atoms with Gasteiger partial charge >= 0.3 is 0 Å². The summed E-state index contributed by atoms with van der Waals surface area (Å²) in [5, 5.41) is 3.19. The van der Waals surface area contributed by atoms with Gasteiger partial charge in [0.05, 0.1) is 0 Å². The number of nitrogens with one attached hydrogen (secondary N) is 1. The number of carbonyl (C=O) groups excluding carboxylic acids is 2. The Bertz CT molecular complexity index is 724. The van der Waals surface area contributed by atoms with E-state index in [-0.39, 0.29) is 17.9 Å². The molecule has 2 amide bonds. The SMILES string of the molecule is CC(=O)N(c1ccccc1)[C@@H](C(=O)NC1CCCCC1)c1ccccc1. The molecule has 1 atom stereocenters. The lowest BCUT2D eigenvalue weighted by Crippen LogP contribution is -2.46. The van der Waals surface area contributed by atoms with E-state index in [9.17, 15) is 9.59 Å². The van der Waals surface area contributed by atoms with E-state index >= 15 is 0 Å². The van der Waals surface area contributed by atoms with E-state index in [1.165, 1.54) is 13.3 Å². The highest BCUT2D eigenvalue weighted by molar-refractivity contribution is 6.00. The van der Waals surface area contributed by atoms with E-state index in [1.807, 2.05) is 60.7 Å². The highest BCUT2D eigenvalue weighted by atomic mass is 16.2. The number of benzene rings is 2. The van der Waals surface area contributed by atoms with Gasteiger partial charge in [0.25, 0.3) is 0 Å². The number of hydrogen-bond acceptors (Lipinski definition) is 2. The summed E-state index contributed by atoms with van der Waals surface area (Å²) in [5.41, 5.74) is 1.55. The third-order valence-corrected chi connectivity index (χ3v) is 4.95. The maximum Gasteiger partial charge on any atom is 0.248 e. The van der Waals surface area contributed by atoms with Crippen LogP contribution in [0, 0.1) is 0 Å². The predicted octanol–water partition coefficient (Wildman–Crippen LogP) is 4.23. The maximum absolute atomic E-state index is 13.2. The van der Waals surface area contributed by atoms with Crippen LogP contribution in [0.1, 0.15) is 50.6 Å². The number of amides is 2. The van der Waals surface area contributed by atoms with Crippen molar-refractivity contribution >= 4 is 17.5 Å². The zero-order chi connectivity index (χ0) is 18.4. The first-order chi connectivity index (χ1) is 12.7. The van der Waals surface area contributed by atoms with Crippen LogP contribution in [-0.4, -0.2) is 17.9 Å². The number of hydrogen-bond donors (Lipinski definition) is 1. The van der Waals surface area contributed by atoms with E-state index in [1.54, 1.807) is 4.90 Å². The van der Waals surface area contributed by atoms with Crippen molar-refractivity contribution in [3.63, 3.8) is 0 Å². The first-order valence-corrected chi connectivity index (χ1v) is 9.37. The molecule has 0 spiro atoms. The van der Waals surface area contributed by atoms with Gasteiger partial charge in [-0.1, -0.05) is 67.8 Å². The number of rotatable bonds is 5. The van der Waals surface area contributed by atoms with Gasteiger partial charge in [0.15, 0.2) is 0 Å². The molecule has 0 unspecified atom stereocenters. The van der Waals surface area contributed by atoms with Crippen LogP contribution in [0.15, 0.2) is 60.7 Å². The standard InChI is InChI=1S/C22H26N2O2/c1-17(25)24(20-15-9-4-10-16-20)21(18-11-5-2-6-12-18)22(26)23-19-13-7-3-8-14-19/h2,4-6,9-12,15-16,19,21H,3,7-8,13-14H2,1H3,(H,23,26)/t21-/m1/s1. The lowest BCUT2D eigenvalue weighted by Gasteiger charge is -2.32. The number of para-hydroxylation sites is 1. The van der Waals surface area contributed by atoms with Crippen LogP contribution in [0.3, 0.4) is 0 Å². The molecule has 4 heteroatoms. The van der Waals surface area contributed by atoms with Gasteiger partial charge in [0, 0.05) is 18.7 Å². The number of carbonyl (C=O) groups is 2. The second kappa shape index (κ2) is 8.65. The summed E-state index contributed by atoms with van der Waals surface area (Å²) in [7, 11) is 0. The second-order valence-corrected chi connectivity index (χ2v) is 6.88. The highest BCUT2D eigenvalue weighted by Crippen LogP contribution is 2.28. The zero-order valence-electron chi connectivity index (χ0n) is 15.2. The molecule has 2 aromatic rings. The van der Waals surface area contributed by atoms with E-state index in [2.05, 4.69) is 5.32 Å². The Morgan fingerprint density at radius 3 is 2.08 bits per heavy atom. The summed E-state index contributed by atoms with van der Waals surface area (Å²) in [5.74, 6) is -0.258. The van der Waals surface area contributed by atoms with Gasteiger partial charge in [-0.15, -0.1) is 0 Å². The average Bonchev–Trinajstić information content (AvgIpc) is 2.67. The third kappa shape index (κ3) is 4.31. The van der Waals surface area contributed by atoms with Crippen molar-refractivity contribution < 1.29 is 9.59 Å². The lowest BCUT2D eigenvalue weighted by molar-refractivity contribution is -0.126. The molecule has 136 valence electrons. The van der Waals surface area contributed by atoms with Crippen LogP contribution < -0.4 is 10.2 Å². The summed E-state index contributed by atoms with van der Waals surface area (Å²) in [6.07, 6.45) is 5.56. The first kappa shape index (κ1) is 18.2. The molecule has 3 rings (SSSR count). The van der Waals surface area contributed by atoms with Crippen LogP contribution in [-0.2, 0) is 9.59 Å². The van der Waals surface area contributed by atoms with Gasteiger partial charge in [-0.2, -0.15) is 0 Å². The zero-order valence-corrected chi connectivity index (χ0v) is 15.2. The van der Waals surface area contributed by atoms with Crippen molar-refractivity contribution in [3.8, 4) is 0 Å². The number of nitrogens with zero attached hydrogens (tertiary/aromatic N) is 1. The minimum absolute atomic E-state index is 0.109. The van der Waals surface area contributed by atoms with Gasteiger partial charge in [0.1, 0.15) is 6.04 Å². The second-order valence-electron chi connectivity index (χ2n) is 6.88. The molecule has 0 bridgehead atoms. The summed E-state index contributed by atoms with van der Waals surface area (Å²) < 4.78 is 0. The van der Waals surface area contributed by atoms with E-state index in [0.29, 0.717) is 0 Å². The van der Waals surface area contributed by atoms with Crippen molar-refractivity contribution in [2.24, 2.45) is 0 Å². The molecule has 0 aromatic heterocycles. The first-order valence-electron chi connectivity index (χ1n) is 9.37. The lowest BCUT2D eigenvalue weighted by atomic mass is 9.94. The quantitative estimate of drug-likeness (QED) is 0.877. The Hall–Kier alpha value is -2.62. The minimum Gasteiger partial charge on any atom is -0.351 e. The van der Waals surface area contributed by atoms with Crippen molar-refractivity contribution in [2.45, 2.75) is 51.1 Å². The fraction of sp³-hybridized carbons (Fsp3) is 0.364. The maximum atomic E-state index is 13.2. The van der Waals surface area contributed by atoms with Gasteiger partial charge in [0.2, 0.25) is 11.8 Å². The summed E-state index contributed by atoms with van der Waals surface area (Å²) >= 11 is 0. The van der Waals surface area contributed by atoms with Crippen LogP contribution in [0.25, 0.3) is 0 Å². The Balaban J connectivity index is 1.94. The Morgan fingerprint density at radius 1 is 0.923 bits per heavy atom. The van der Waals surface area contributed by atoms with Crippen molar-refractivity contribution in [1.29, 1.82) is 0 Å². The molecule has 0 aliphatic heterocycles. The fourth-order valence-corrected chi connectivity index (χ4v) is 3.68. The minimum atomic E-state index is -0.668. The Kier molecular flexibility index (Phi) is 6.05. The molecule has 1 saturated carbocycles. The van der Waals surface area contributed by atoms with Crippen LogP contribution in [0.4, 0.5) is 5.69 Å². The van der Waals surface area contributed by atoms with Gasteiger partial charge < -0.3 is 5.32 Å². The molecule has 1 aliphatic carbocycles. The fourth-order valence-electron chi connectivity index (χ4n) is 3.68. The van der Waals surface area contributed by atoms with Crippen LogP contribution in [0.2, 0.25) is 0 Å². The van der Waals surface area contributed by atoms with E-state index in [0.717, 1.165) is 36.9 Å². The highest BCUT2D eigenvalue weighted by Gasteiger charge is 2.32. The van der Waals surface area contributed by atoms with Crippen molar-refractivity contribution in [2.75, 3.05) is 4.90 Å². The molecule has 4 nitrogen and oxygen atoms in total. The smallest absolute Gasteiger partial charge is 0.248 e. The van der Waals surface area contributed by atoms with Crippen molar-refractivity contribution in [3.05, 3.63) is 66.2 Å². The van der Waals surface area contributed by atoms with E-state index in [4.69, 9.17) is 0 Å². The molecular weight excluding hydrogens is 324 g/mol. The molecule has 0 radical (unpaired) electrons. The Morgan fingerprint density at radius 2 is 1.50 bits per heavy atom. The van der Waals surface area contributed by atoms with Gasteiger partial charge in [-0.05, 0) is 30.5 Å². The van der Waals surface area contributed by atoms with Crippen LogP contribution >= 0.6 is 0 Å². The molecule has 2 aromatic carbocycles. The summed E-state index contributed by atoms with van der Waals surface area (Å²) in [4.78, 5) is 27.3. The summed E-state index contributed by atoms with van der Waals surface area (Å²) in [6.45, 7) is 1.51. The van der Waals surface area contributed by atoms with Gasteiger partial charge in [-0.25, -0.2) is 0 Å². The third-order valence-electron chi connectivity index (χ3n) is 4.95. The predicted molar refractivity (Wildman–Crippen MR) is 104 cm³/mol. The molecular formula is C22H26N2O2. The molecule has 1 aliphatic rings. The molecule has 0 heterocycles. The van der Waals surface area contributed by atoms with E-state index < -0.39 is 6.04 Å². The summed E-state index contributed by atoms with van der Waals surface area (Å²) in [6, 6.07) is 18.5. The number of anilines is 1. The topological polar surface area (TPSA) is 49.4 Å². The van der Waals surface area contributed by atoms with Crippen molar-refractivity contribution in [1.82, 2.24) is 5.32 Å². The largest absolute Gasteiger partial charge is 0.351 e. The Labute approximate surface area is 155 Å². The monoisotopic (exact) mass is 350 g/mol. The molecule has 1 N–H and O–H groups in total. The van der Waals surface area contributed by atoms with Gasteiger partial charge in [-0.3, -0.25) is 14.5 Å².